The van der Waals surface area contributed by atoms with Crippen LogP contribution in [0.3, 0.4) is 0 Å². The van der Waals surface area contributed by atoms with Gasteiger partial charge in [-0.05, 0) is 12.1 Å². The van der Waals surface area contributed by atoms with E-state index in [0.29, 0.717) is 0 Å². The molecule has 20 heavy (non-hydrogen) atoms. The molecule has 1 rings (SSSR count). The number of hydrogen-bond donors (Lipinski definition) is 1. The summed E-state index contributed by atoms with van der Waals surface area (Å²) in [5.74, 6) is -1.54. The van der Waals surface area contributed by atoms with E-state index in [1.165, 1.54) is 0 Å². The second kappa shape index (κ2) is 6.38. The summed E-state index contributed by atoms with van der Waals surface area (Å²) in [6.45, 7) is 1.09. The highest BCUT2D eigenvalue weighted by Gasteiger charge is 2.28. The predicted molar refractivity (Wildman–Crippen MR) is 72.3 cm³/mol. The minimum Gasteiger partial charge on any atom is -0.468 e. The van der Waals surface area contributed by atoms with Crippen LogP contribution in [0.4, 0.5) is 10.1 Å². The van der Waals surface area contributed by atoms with E-state index < -0.39 is 28.4 Å². The van der Waals surface area contributed by atoms with E-state index >= 15 is 0 Å². The van der Waals surface area contributed by atoms with Crippen molar-refractivity contribution in [2.75, 3.05) is 25.9 Å². The van der Waals surface area contributed by atoms with Crippen molar-refractivity contribution in [2.24, 2.45) is 0 Å². The number of hydrogen-bond acceptors (Lipinski definition) is 5. The zero-order valence-corrected chi connectivity index (χ0v) is 12.5. The fraction of sp³-hybridized carbons (Fsp3) is 0.364. The number of anilines is 1. The minimum absolute atomic E-state index is 0.0189. The first-order chi connectivity index (χ1) is 9.23. The highest BCUT2D eigenvalue weighted by molar-refractivity contribution is 7.89. The van der Waals surface area contributed by atoms with Crippen molar-refractivity contribution in [1.82, 2.24) is 4.31 Å². The third kappa shape index (κ3) is 3.38. The average molecular weight is 325 g/mol. The molecule has 6 nitrogen and oxygen atoms in total. The first-order valence-electron chi connectivity index (χ1n) is 5.55. The second-order valence-corrected chi connectivity index (χ2v) is 6.13. The third-order valence-corrected chi connectivity index (χ3v) is 4.94. The number of nitrogens with zero attached hydrogens (tertiary/aromatic N) is 1. The summed E-state index contributed by atoms with van der Waals surface area (Å²) in [6.07, 6.45) is 0. The molecule has 0 amide bonds. The highest BCUT2D eigenvalue weighted by atomic mass is 35.5. The normalized spacial score (nSPS) is 11.7. The number of methoxy groups -OCH3 is 1. The summed E-state index contributed by atoms with van der Waals surface area (Å²) in [6, 6.07) is 1.74. The molecule has 0 saturated heterocycles. The zero-order valence-electron chi connectivity index (χ0n) is 10.9. The molecule has 0 atom stereocenters. The Labute approximate surface area is 121 Å². The number of ether oxygens (including phenoxy) is 1. The van der Waals surface area contributed by atoms with Crippen molar-refractivity contribution in [3.8, 4) is 0 Å². The molecule has 0 heterocycles. The second-order valence-electron chi connectivity index (χ2n) is 3.81. The van der Waals surface area contributed by atoms with Gasteiger partial charge in [0, 0.05) is 6.54 Å². The van der Waals surface area contributed by atoms with Crippen LogP contribution in [0.5, 0.6) is 0 Å². The number of halogens is 2. The van der Waals surface area contributed by atoms with Crippen molar-refractivity contribution in [2.45, 2.75) is 11.8 Å². The monoisotopic (exact) mass is 324 g/mol. The van der Waals surface area contributed by atoms with E-state index in [0.717, 1.165) is 23.5 Å². The minimum atomic E-state index is -4.07. The van der Waals surface area contributed by atoms with Gasteiger partial charge in [0.05, 0.1) is 17.8 Å². The number of likely N-dealkylation sites (N-methyl/N-ethyl adjacent to an activating group) is 1. The van der Waals surface area contributed by atoms with Crippen molar-refractivity contribution < 1.29 is 22.3 Å². The maximum absolute atomic E-state index is 13.2. The van der Waals surface area contributed by atoms with Crippen LogP contribution in [0.2, 0.25) is 5.02 Å². The van der Waals surface area contributed by atoms with E-state index in [1.54, 1.807) is 6.92 Å². The molecule has 1 aromatic rings. The summed E-state index contributed by atoms with van der Waals surface area (Å²) >= 11 is 5.74. The molecule has 0 bridgehead atoms. The van der Waals surface area contributed by atoms with Crippen molar-refractivity contribution in [1.29, 1.82) is 0 Å². The molecule has 112 valence electrons. The number of sulfonamides is 1. The molecule has 9 heteroatoms. The summed E-state index contributed by atoms with van der Waals surface area (Å²) in [5.41, 5.74) is 5.00. The fourth-order valence-corrected chi connectivity index (χ4v) is 3.37. The first kappa shape index (κ1) is 16.7. The molecule has 0 unspecified atom stereocenters. The Morgan fingerprint density at radius 3 is 2.60 bits per heavy atom. The first-order valence-corrected chi connectivity index (χ1v) is 7.37. The van der Waals surface area contributed by atoms with Gasteiger partial charge in [-0.15, -0.1) is 0 Å². The lowest BCUT2D eigenvalue weighted by Crippen LogP contribution is -2.36. The van der Waals surface area contributed by atoms with Crippen LogP contribution in [0, 0.1) is 5.82 Å². The van der Waals surface area contributed by atoms with Gasteiger partial charge < -0.3 is 10.5 Å². The molecular formula is C11H14ClFN2O4S. The molecule has 0 aliphatic rings. The SMILES string of the molecule is CCN(CC(=O)OC)S(=O)(=O)c1cc(N)c(F)cc1Cl. The quantitative estimate of drug-likeness (QED) is 0.650. The van der Waals surface area contributed by atoms with Gasteiger partial charge in [-0.3, -0.25) is 4.79 Å². The number of nitrogen functional groups attached to an aromatic ring is 1. The molecule has 0 saturated carbocycles. The molecule has 0 radical (unpaired) electrons. The molecule has 0 fully saturated rings. The van der Waals surface area contributed by atoms with E-state index in [1.807, 2.05) is 0 Å². The lowest BCUT2D eigenvalue weighted by Gasteiger charge is -2.20. The molecular weight excluding hydrogens is 311 g/mol. The largest absolute Gasteiger partial charge is 0.468 e. The maximum atomic E-state index is 13.2. The summed E-state index contributed by atoms with van der Waals surface area (Å²) in [5, 5.41) is -0.306. The number of rotatable bonds is 5. The topological polar surface area (TPSA) is 89.7 Å². The van der Waals surface area contributed by atoms with Crippen molar-refractivity contribution in [3.63, 3.8) is 0 Å². The average Bonchev–Trinajstić information content (AvgIpc) is 2.39. The third-order valence-electron chi connectivity index (χ3n) is 2.55. The Kier molecular flexibility index (Phi) is 5.32. The summed E-state index contributed by atoms with van der Waals surface area (Å²) < 4.78 is 43.2. The molecule has 0 aliphatic carbocycles. The summed E-state index contributed by atoms with van der Waals surface area (Å²) in [4.78, 5) is 10.9. The number of carbonyl (C=O) groups excluding carboxylic acids is 1. The van der Waals surface area contributed by atoms with Gasteiger partial charge in [0.15, 0.2) is 0 Å². The number of nitrogens with two attached hydrogens (primary N) is 1. The molecule has 0 aromatic heterocycles. The van der Waals surface area contributed by atoms with Crippen LogP contribution >= 0.6 is 11.6 Å². The Morgan fingerprint density at radius 2 is 2.10 bits per heavy atom. The summed E-state index contributed by atoms with van der Waals surface area (Å²) in [7, 11) is -2.93. The van der Waals surface area contributed by atoms with Gasteiger partial charge in [-0.1, -0.05) is 18.5 Å². The zero-order chi connectivity index (χ0) is 15.5. The van der Waals surface area contributed by atoms with Crippen LogP contribution in [0.25, 0.3) is 0 Å². The smallest absolute Gasteiger partial charge is 0.321 e. The number of carbonyl (C=O) groups is 1. The molecule has 0 spiro atoms. The van der Waals surface area contributed by atoms with Crippen LogP contribution in [-0.2, 0) is 19.6 Å². The number of benzene rings is 1. The maximum Gasteiger partial charge on any atom is 0.321 e. The predicted octanol–water partition coefficient (Wildman–Crippen LogP) is 1.24. The van der Waals surface area contributed by atoms with Crippen LogP contribution in [0.1, 0.15) is 6.92 Å². The molecule has 0 aliphatic heterocycles. The Morgan fingerprint density at radius 1 is 1.50 bits per heavy atom. The van der Waals surface area contributed by atoms with Crippen LogP contribution < -0.4 is 5.73 Å². The number of esters is 1. The van der Waals surface area contributed by atoms with Crippen LogP contribution in [0.15, 0.2) is 17.0 Å². The van der Waals surface area contributed by atoms with Gasteiger partial charge in [0.1, 0.15) is 17.3 Å². The van der Waals surface area contributed by atoms with E-state index in [-0.39, 0.29) is 22.2 Å². The van der Waals surface area contributed by atoms with Crippen molar-refractivity contribution in [3.05, 3.63) is 23.0 Å². The Hall–Kier alpha value is -1.38. The van der Waals surface area contributed by atoms with E-state index in [2.05, 4.69) is 4.74 Å². The van der Waals surface area contributed by atoms with Gasteiger partial charge in [-0.25, -0.2) is 12.8 Å². The molecule has 1 aromatic carbocycles. The molecule has 2 N–H and O–H groups in total. The van der Waals surface area contributed by atoms with Gasteiger partial charge in [-0.2, -0.15) is 4.31 Å². The van der Waals surface area contributed by atoms with Gasteiger partial charge >= 0.3 is 5.97 Å². The fourth-order valence-electron chi connectivity index (χ4n) is 1.46. The van der Waals surface area contributed by atoms with E-state index in [4.69, 9.17) is 17.3 Å². The van der Waals surface area contributed by atoms with Crippen LogP contribution in [-0.4, -0.2) is 38.9 Å². The lowest BCUT2D eigenvalue weighted by atomic mass is 10.3. The standard InChI is InChI=1S/C11H14ClFN2O4S/c1-3-15(6-11(16)19-2)20(17,18)10-5-9(14)8(13)4-7(10)12/h4-5H,3,6,14H2,1-2H3. The Bertz CT molecular complexity index is 621. The van der Waals surface area contributed by atoms with Crippen molar-refractivity contribution >= 4 is 33.3 Å². The van der Waals surface area contributed by atoms with Gasteiger partial charge in [0.25, 0.3) is 0 Å². The van der Waals surface area contributed by atoms with Gasteiger partial charge in [0.2, 0.25) is 10.0 Å². The lowest BCUT2D eigenvalue weighted by molar-refractivity contribution is -0.140. The van der Waals surface area contributed by atoms with E-state index in [9.17, 15) is 17.6 Å². The highest BCUT2D eigenvalue weighted by Crippen LogP contribution is 2.28. The Balaban J connectivity index is 3.27.